The van der Waals surface area contributed by atoms with Gasteiger partial charge in [0.15, 0.2) is 12.2 Å². The predicted molar refractivity (Wildman–Crippen MR) is 377 cm³/mol. The van der Waals surface area contributed by atoms with Crippen LogP contribution in [-0.4, -0.2) is 96.7 Å². The summed E-state index contributed by atoms with van der Waals surface area (Å²) in [5.41, 5.74) is 0. The molecule has 93 heavy (non-hydrogen) atoms. The fourth-order valence-electron chi connectivity index (χ4n) is 11.2. The average Bonchev–Trinajstić information content (AvgIpc) is 2.31. The number of aliphatic hydroxyl groups excluding tert-OH is 1. The Morgan fingerprint density at radius 2 is 0.495 bits per heavy atom. The topological polar surface area (TPSA) is 237 Å². The number of carbonyl (C=O) groups is 4. The van der Waals surface area contributed by atoms with Gasteiger partial charge in [-0.25, -0.2) is 9.13 Å². The Hall–Kier alpha value is -1.94. The summed E-state index contributed by atoms with van der Waals surface area (Å²) < 4.78 is 68.5. The lowest BCUT2D eigenvalue weighted by molar-refractivity contribution is -0.161. The molecule has 19 heteroatoms. The zero-order chi connectivity index (χ0) is 68.7. The van der Waals surface area contributed by atoms with Crippen molar-refractivity contribution in [3.63, 3.8) is 0 Å². The summed E-state index contributed by atoms with van der Waals surface area (Å²) in [6, 6.07) is 0. The van der Waals surface area contributed by atoms with Gasteiger partial charge in [-0.05, 0) is 43.4 Å². The lowest BCUT2D eigenvalue weighted by atomic mass is 10.0. The highest BCUT2D eigenvalue weighted by Gasteiger charge is 2.30. The van der Waals surface area contributed by atoms with Crippen molar-refractivity contribution in [2.24, 2.45) is 17.8 Å². The van der Waals surface area contributed by atoms with E-state index >= 15 is 0 Å². The van der Waals surface area contributed by atoms with Crippen molar-refractivity contribution in [1.29, 1.82) is 0 Å². The summed E-state index contributed by atoms with van der Waals surface area (Å²) in [7, 11) is -9.91. The van der Waals surface area contributed by atoms with Gasteiger partial charge < -0.3 is 33.8 Å². The van der Waals surface area contributed by atoms with E-state index in [2.05, 4.69) is 48.5 Å². The van der Waals surface area contributed by atoms with Gasteiger partial charge in [-0.1, -0.05) is 325 Å². The number of hydrogen-bond donors (Lipinski definition) is 3. The average molecular weight is 1370 g/mol. The zero-order valence-electron chi connectivity index (χ0n) is 60.7. The summed E-state index contributed by atoms with van der Waals surface area (Å²) in [6.07, 6.45) is 49.8. The molecule has 0 rings (SSSR count). The van der Waals surface area contributed by atoms with Crippen molar-refractivity contribution >= 4 is 39.5 Å². The molecule has 0 fully saturated rings. The zero-order valence-corrected chi connectivity index (χ0v) is 62.5. The summed E-state index contributed by atoms with van der Waals surface area (Å²) in [5, 5.41) is 10.6. The second-order valence-electron chi connectivity index (χ2n) is 28.1. The molecular weight excluding hydrogens is 1220 g/mol. The molecule has 0 aromatic heterocycles. The molecule has 0 aliphatic rings. The number of phosphoric acid groups is 2. The molecule has 2 unspecified atom stereocenters. The van der Waals surface area contributed by atoms with Crippen molar-refractivity contribution < 1.29 is 80.2 Å². The van der Waals surface area contributed by atoms with Crippen LogP contribution in [0.5, 0.6) is 0 Å². The maximum absolute atomic E-state index is 13.1. The van der Waals surface area contributed by atoms with Gasteiger partial charge in [0.25, 0.3) is 0 Å². The number of unbranched alkanes of at least 4 members (excludes halogenated alkanes) is 40. The molecule has 0 heterocycles. The molecule has 0 aromatic rings. The van der Waals surface area contributed by atoms with Crippen molar-refractivity contribution in [3.8, 4) is 0 Å². The first kappa shape index (κ1) is 91.1. The molecule has 17 nitrogen and oxygen atoms in total. The SMILES string of the molecule is CCCCCCCCCCCCCCCCC(=O)OC[C@H](COP(=O)(O)OC[C@@H](O)COP(=O)(O)OC[C@@H](COC(=O)CCCCCCCCCCCC(C)C)OC(=O)CCCCCCCCCCCCC(C)C)OC(=O)CCCCCCCCCCCCCC(C)C. The van der Waals surface area contributed by atoms with E-state index in [1.165, 1.54) is 186 Å². The van der Waals surface area contributed by atoms with Crippen molar-refractivity contribution in [1.82, 2.24) is 0 Å². The van der Waals surface area contributed by atoms with Crippen LogP contribution >= 0.6 is 15.6 Å². The summed E-state index contributed by atoms with van der Waals surface area (Å²) in [5.74, 6) is 0.142. The Bertz CT molecular complexity index is 1820. The first-order chi connectivity index (χ1) is 44.7. The number of hydrogen-bond acceptors (Lipinski definition) is 15. The molecule has 0 aliphatic heterocycles. The van der Waals surface area contributed by atoms with E-state index in [4.69, 9.17) is 37.0 Å². The van der Waals surface area contributed by atoms with Crippen LogP contribution in [0.15, 0.2) is 0 Å². The minimum Gasteiger partial charge on any atom is -0.462 e. The Balaban J connectivity index is 5.27. The molecule has 3 N–H and O–H groups in total. The second kappa shape index (κ2) is 64.7. The highest BCUT2D eigenvalue weighted by Crippen LogP contribution is 2.45. The number of rotatable bonds is 72. The lowest BCUT2D eigenvalue weighted by Gasteiger charge is -2.21. The van der Waals surface area contributed by atoms with E-state index in [0.29, 0.717) is 25.7 Å². The molecule has 0 aromatic carbocycles. The normalized spacial score (nSPS) is 14.1. The van der Waals surface area contributed by atoms with E-state index in [-0.39, 0.29) is 25.7 Å². The van der Waals surface area contributed by atoms with E-state index in [0.717, 1.165) is 108 Å². The molecule has 0 saturated heterocycles. The highest BCUT2D eigenvalue weighted by atomic mass is 31.2. The monoisotopic (exact) mass is 1370 g/mol. The molecule has 0 saturated carbocycles. The number of phosphoric ester groups is 2. The Kier molecular flexibility index (Phi) is 63.4. The van der Waals surface area contributed by atoms with Crippen LogP contribution in [0.1, 0.15) is 376 Å². The lowest BCUT2D eigenvalue weighted by Crippen LogP contribution is -2.30. The summed E-state index contributed by atoms with van der Waals surface area (Å²) in [6.45, 7) is 11.9. The van der Waals surface area contributed by atoms with Crippen LogP contribution in [0.4, 0.5) is 0 Å². The smallest absolute Gasteiger partial charge is 0.462 e. The third-order valence-electron chi connectivity index (χ3n) is 17.1. The van der Waals surface area contributed by atoms with Crippen LogP contribution in [0, 0.1) is 17.8 Å². The summed E-state index contributed by atoms with van der Waals surface area (Å²) in [4.78, 5) is 72.8. The molecular formula is C74H144O17P2. The first-order valence-corrected chi connectivity index (χ1v) is 41.3. The van der Waals surface area contributed by atoms with Gasteiger partial charge >= 0.3 is 39.5 Å². The largest absolute Gasteiger partial charge is 0.472 e. The van der Waals surface area contributed by atoms with Crippen LogP contribution in [0.25, 0.3) is 0 Å². The first-order valence-electron chi connectivity index (χ1n) is 38.3. The van der Waals surface area contributed by atoms with Gasteiger partial charge in [-0.2, -0.15) is 0 Å². The van der Waals surface area contributed by atoms with Gasteiger partial charge in [-0.3, -0.25) is 37.3 Å². The number of aliphatic hydroxyl groups is 1. The maximum atomic E-state index is 13.1. The van der Waals surface area contributed by atoms with Crippen molar-refractivity contribution in [3.05, 3.63) is 0 Å². The van der Waals surface area contributed by atoms with Gasteiger partial charge in [0, 0.05) is 25.7 Å². The van der Waals surface area contributed by atoms with Crippen LogP contribution in [0.2, 0.25) is 0 Å². The van der Waals surface area contributed by atoms with Gasteiger partial charge in [0.05, 0.1) is 26.4 Å². The van der Waals surface area contributed by atoms with Gasteiger partial charge in [0.2, 0.25) is 0 Å². The van der Waals surface area contributed by atoms with Gasteiger partial charge in [0.1, 0.15) is 19.3 Å². The minimum absolute atomic E-state index is 0.105. The van der Waals surface area contributed by atoms with E-state index < -0.39 is 97.5 Å². The molecule has 0 aliphatic carbocycles. The quantitative estimate of drug-likeness (QED) is 0.0222. The molecule has 5 atom stereocenters. The van der Waals surface area contributed by atoms with E-state index in [1.807, 2.05) is 0 Å². The third-order valence-corrected chi connectivity index (χ3v) is 19.0. The molecule has 0 spiro atoms. The number of carbonyl (C=O) groups excluding carboxylic acids is 4. The fraction of sp³-hybridized carbons (Fsp3) is 0.946. The third kappa shape index (κ3) is 68.4. The van der Waals surface area contributed by atoms with Crippen molar-refractivity contribution in [2.75, 3.05) is 39.6 Å². The van der Waals surface area contributed by atoms with Crippen molar-refractivity contribution in [2.45, 2.75) is 394 Å². The molecule has 0 amide bonds. The number of esters is 4. The highest BCUT2D eigenvalue weighted by molar-refractivity contribution is 7.47. The molecule has 0 bridgehead atoms. The van der Waals surface area contributed by atoms with E-state index in [1.54, 1.807) is 0 Å². The minimum atomic E-state index is -4.96. The van der Waals surface area contributed by atoms with Crippen LogP contribution < -0.4 is 0 Å². The predicted octanol–water partition coefficient (Wildman–Crippen LogP) is 21.4. The molecule has 0 radical (unpaired) electrons. The molecule has 552 valence electrons. The summed E-state index contributed by atoms with van der Waals surface area (Å²) >= 11 is 0. The van der Waals surface area contributed by atoms with Crippen LogP contribution in [-0.2, 0) is 65.4 Å². The van der Waals surface area contributed by atoms with Crippen LogP contribution in [0.3, 0.4) is 0 Å². The maximum Gasteiger partial charge on any atom is 0.472 e. The Morgan fingerprint density at radius 3 is 0.731 bits per heavy atom. The Labute approximate surface area is 568 Å². The Morgan fingerprint density at radius 1 is 0.290 bits per heavy atom. The van der Waals surface area contributed by atoms with Gasteiger partial charge in [-0.15, -0.1) is 0 Å². The second-order valence-corrected chi connectivity index (χ2v) is 31.0. The van der Waals surface area contributed by atoms with E-state index in [9.17, 15) is 43.2 Å². The number of ether oxygens (including phenoxy) is 4. The standard InChI is InChI=1S/C74H144O17P2/c1-8-9-10-11-12-13-14-15-16-19-27-34-41-48-55-71(76)84-61-69(90-73(78)57-50-43-36-28-20-17-18-24-31-38-45-52-65(2)3)63-88-92(80,81)86-59-68(75)60-87-93(82,83)89-64-70(62-85-72(77)56-49-42-35-30-23-26-33-40-47-54-67(6)7)91-74(79)58-51-44-37-29-22-21-25-32-39-46-53-66(4)5/h65-70,75H,8-64H2,1-7H3,(H,80,81)(H,82,83)/t68-,69-,70-/m1/s1. The fourth-order valence-corrected chi connectivity index (χ4v) is 12.8.